The molecule has 0 radical (unpaired) electrons. The SMILES string of the molecule is COCC(=O)Nc1c(Br)c(NC(=O)COC)c(Br)c(C(=O)O)c1Br. The first-order chi connectivity index (χ1) is 11.2. The van der Waals surface area contributed by atoms with Crippen LogP contribution in [0.25, 0.3) is 0 Å². The topological polar surface area (TPSA) is 114 Å². The molecule has 0 saturated heterocycles. The molecule has 0 bridgehead atoms. The van der Waals surface area contributed by atoms with Gasteiger partial charge in [-0.1, -0.05) is 0 Å². The summed E-state index contributed by atoms with van der Waals surface area (Å²) in [5.41, 5.74) is 0.120. The monoisotopic (exact) mass is 530 g/mol. The Hall–Kier alpha value is -1.01. The Bertz CT molecular complexity index is 633. The molecule has 0 unspecified atom stereocenters. The Balaban J connectivity index is 3.47. The Morgan fingerprint density at radius 2 is 1.25 bits per heavy atom. The second-order valence-corrected chi connectivity index (χ2v) is 6.71. The minimum absolute atomic E-state index is 0.128. The minimum Gasteiger partial charge on any atom is -0.478 e. The van der Waals surface area contributed by atoms with Crippen LogP contribution in [-0.2, 0) is 19.1 Å². The average molecular weight is 533 g/mol. The fraction of sp³-hybridized carbons (Fsp3) is 0.308. The van der Waals surface area contributed by atoms with Crippen LogP contribution in [0.5, 0.6) is 0 Å². The van der Waals surface area contributed by atoms with Crippen molar-refractivity contribution in [1.29, 1.82) is 0 Å². The number of amides is 2. The normalized spacial score (nSPS) is 10.4. The fourth-order valence-corrected chi connectivity index (χ4v) is 4.41. The van der Waals surface area contributed by atoms with Gasteiger partial charge in [0.15, 0.2) is 0 Å². The van der Waals surface area contributed by atoms with Gasteiger partial charge < -0.3 is 25.2 Å². The number of hydrogen-bond acceptors (Lipinski definition) is 5. The van der Waals surface area contributed by atoms with E-state index >= 15 is 0 Å². The van der Waals surface area contributed by atoms with Crippen LogP contribution < -0.4 is 10.6 Å². The Labute approximate surface area is 162 Å². The van der Waals surface area contributed by atoms with Crippen molar-refractivity contribution in [3.8, 4) is 0 Å². The van der Waals surface area contributed by atoms with E-state index in [1.165, 1.54) is 14.2 Å². The smallest absolute Gasteiger partial charge is 0.338 e. The highest BCUT2D eigenvalue weighted by Gasteiger charge is 2.26. The molecule has 0 fully saturated rings. The number of nitrogens with one attached hydrogen (secondary N) is 2. The molecule has 0 saturated carbocycles. The van der Waals surface area contributed by atoms with Crippen LogP contribution in [0.3, 0.4) is 0 Å². The van der Waals surface area contributed by atoms with Gasteiger partial charge >= 0.3 is 5.97 Å². The lowest BCUT2D eigenvalue weighted by atomic mass is 10.1. The molecule has 0 atom stereocenters. The van der Waals surface area contributed by atoms with Crippen LogP contribution in [0.15, 0.2) is 13.4 Å². The number of aromatic carboxylic acids is 1. The van der Waals surface area contributed by atoms with Gasteiger partial charge in [-0.25, -0.2) is 4.79 Å². The van der Waals surface area contributed by atoms with E-state index in [0.717, 1.165) is 0 Å². The van der Waals surface area contributed by atoms with Crippen LogP contribution >= 0.6 is 47.8 Å². The highest BCUT2D eigenvalue weighted by Crippen LogP contribution is 2.45. The molecule has 8 nitrogen and oxygen atoms in total. The summed E-state index contributed by atoms with van der Waals surface area (Å²) in [4.78, 5) is 35.1. The van der Waals surface area contributed by atoms with Gasteiger partial charge in [-0.2, -0.15) is 0 Å². The first-order valence-corrected chi connectivity index (χ1v) is 8.63. The van der Waals surface area contributed by atoms with Gasteiger partial charge in [-0.15, -0.1) is 0 Å². The van der Waals surface area contributed by atoms with Gasteiger partial charge in [-0.3, -0.25) is 9.59 Å². The van der Waals surface area contributed by atoms with Gasteiger partial charge in [0.25, 0.3) is 0 Å². The third-order valence-electron chi connectivity index (χ3n) is 2.61. The maximum absolute atomic E-state index is 11.8. The lowest BCUT2D eigenvalue weighted by Crippen LogP contribution is -2.21. The number of carbonyl (C=O) groups is 3. The summed E-state index contributed by atoms with van der Waals surface area (Å²) < 4.78 is 9.99. The van der Waals surface area contributed by atoms with E-state index in [-0.39, 0.29) is 43.6 Å². The molecule has 11 heteroatoms. The lowest BCUT2D eigenvalue weighted by molar-refractivity contribution is -0.120. The van der Waals surface area contributed by atoms with Crippen molar-refractivity contribution in [3.63, 3.8) is 0 Å². The minimum atomic E-state index is -1.26. The summed E-state index contributed by atoms with van der Waals surface area (Å²) in [7, 11) is 2.70. The standard InChI is InChI=1S/C13H13Br3N2O6/c1-23-3-5(19)17-11-8(14)7(13(21)22)9(15)12(10(11)16)18-6(20)4-24-2/h3-4H2,1-2H3,(H,17,19)(H,18,20)(H,21,22). The third-order valence-corrected chi connectivity index (χ3v) is 4.99. The highest BCUT2D eigenvalue weighted by molar-refractivity contribution is 9.12. The zero-order valence-electron chi connectivity index (χ0n) is 12.5. The number of benzene rings is 1. The Morgan fingerprint density at radius 1 is 0.875 bits per heavy atom. The molecule has 0 aromatic heterocycles. The Morgan fingerprint density at radius 3 is 1.54 bits per heavy atom. The fourth-order valence-electron chi connectivity index (χ4n) is 1.68. The summed E-state index contributed by atoms with van der Waals surface area (Å²) >= 11 is 9.58. The number of halogens is 3. The Kier molecular flexibility index (Phi) is 8.30. The molecule has 1 rings (SSSR count). The van der Waals surface area contributed by atoms with Crippen LogP contribution in [-0.4, -0.2) is 50.3 Å². The molecular weight excluding hydrogens is 520 g/mol. The first kappa shape index (κ1) is 21.0. The molecule has 0 aliphatic heterocycles. The summed E-state index contributed by atoms with van der Waals surface area (Å²) in [5, 5.41) is 14.5. The largest absolute Gasteiger partial charge is 0.478 e. The van der Waals surface area contributed by atoms with Crippen LogP contribution in [0.4, 0.5) is 11.4 Å². The number of carbonyl (C=O) groups excluding carboxylic acids is 2. The predicted octanol–water partition coefficient (Wildman–Crippen LogP) is 2.84. The molecule has 1 aromatic carbocycles. The van der Waals surface area contributed by atoms with Crippen LogP contribution in [0.2, 0.25) is 0 Å². The predicted molar refractivity (Wildman–Crippen MR) is 97.5 cm³/mol. The van der Waals surface area contributed by atoms with Crippen molar-refractivity contribution in [1.82, 2.24) is 0 Å². The highest BCUT2D eigenvalue weighted by atomic mass is 79.9. The molecule has 24 heavy (non-hydrogen) atoms. The summed E-state index contributed by atoms with van der Waals surface area (Å²) in [6.45, 7) is -0.439. The zero-order chi connectivity index (χ0) is 18.4. The van der Waals surface area contributed by atoms with Crippen molar-refractivity contribution >= 4 is 76.9 Å². The van der Waals surface area contributed by atoms with Crippen molar-refractivity contribution in [2.24, 2.45) is 0 Å². The van der Waals surface area contributed by atoms with Gasteiger partial charge in [0.1, 0.15) is 13.2 Å². The maximum atomic E-state index is 11.8. The molecule has 1 aromatic rings. The van der Waals surface area contributed by atoms with Crippen LogP contribution in [0, 0.1) is 0 Å². The third kappa shape index (κ3) is 4.99. The molecule has 0 spiro atoms. The maximum Gasteiger partial charge on any atom is 0.338 e. The van der Waals surface area contributed by atoms with E-state index in [1.807, 2.05) is 0 Å². The second kappa shape index (κ2) is 9.47. The first-order valence-electron chi connectivity index (χ1n) is 6.25. The van der Waals surface area contributed by atoms with Crippen LogP contribution in [0.1, 0.15) is 10.4 Å². The number of hydrogen-bond donors (Lipinski definition) is 3. The molecule has 2 amide bonds. The molecule has 3 N–H and O–H groups in total. The van der Waals surface area contributed by atoms with Gasteiger partial charge in [0.05, 0.1) is 30.4 Å². The van der Waals surface area contributed by atoms with Gasteiger partial charge in [0.2, 0.25) is 11.8 Å². The van der Waals surface area contributed by atoms with Crippen molar-refractivity contribution in [3.05, 3.63) is 19.0 Å². The van der Waals surface area contributed by atoms with Gasteiger partial charge in [-0.05, 0) is 47.8 Å². The van der Waals surface area contributed by atoms with E-state index in [1.54, 1.807) is 0 Å². The average Bonchev–Trinajstić information content (AvgIpc) is 2.48. The molecule has 132 valence electrons. The van der Waals surface area contributed by atoms with Crippen molar-refractivity contribution in [2.45, 2.75) is 0 Å². The van der Waals surface area contributed by atoms with E-state index in [9.17, 15) is 19.5 Å². The van der Waals surface area contributed by atoms with Crippen molar-refractivity contribution < 1.29 is 29.0 Å². The number of carboxylic acids is 1. The van der Waals surface area contributed by atoms with E-state index in [4.69, 9.17) is 9.47 Å². The quantitative estimate of drug-likeness (QED) is 0.497. The summed E-state index contributed by atoms with van der Waals surface area (Å²) in [6, 6.07) is 0. The molecular formula is C13H13Br3N2O6. The summed E-state index contributed by atoms with van der Waals surface area (Å²) in [5.74, 6) is -2.25. The molecule has 0 aliphatic rings. The second-order valence-electron chi connectivity index (χ2n) is 4.33. The number of ether oxygens (including phenoxy) is 2. The summed E-state index contributed by atoms with van der Waals surface area (Å²) in [6.07, 6.45) is 0. The number of anilines is 2. The number of rotatable bonds is 7. The number of carboxylic acid groups (broad SMARTS) is 1. The zero-order valence-corrected chi connectivity index (χ0v) is 17.3. The van der Waals surface area contributed by atoms with E-state index < -0.39 is 17.8 Å². The van der Waals surface area contributed by atoms with E-state index in [0.29, 0.717) is 0 Å². The number of methoxy groups -OCH3 is 2. The lowest BCUT2D eigenvalue weighted by Gasteiger charge is -2.18. The molecule has 0 heterocycles. The van der Waals surface area contributed by atoms with E-state index in [2.05, 4.69) is 58.4 Å². The van der Waals surface area contributed by atoms with Crippen molar-refractivity contribution in [2.75, 3.05) is 38.1 Å². The molecule has 0 aliphatic carbocycles. The van der Waals surface area contributed by atoms with Gasteiger partial charge in [0, 0.05) is 14.2 Å².